The number of fused-ring (bicyclic) bond motifs is 3. The highest BCUT2D eigenvalue weighted by Crippen LogP contribution is 2.32. The van der Waals surface area contributed by atoms with Gasteiger partial charge in [0.2, 0.25) is 0 Å². The molecule has 0 amide bonds. The topological polar surface area (TPSA) is 28.7 Å². The molecule has 0 aromatic carbocycles. The standard InChI is InChI=1S/C10H8BrClN2/c11-7-4-6-5-2-1-3-8(5)13-10(6)14-9(7)12/h4H,1-3H2,(H,13,14). The first-order valence-electron chi connectivity index (χ1n) is 4.61. The van der Waals surface area contributed by atoms with Crippen LogP contribution in [0.25, 0.3) is 11.0 Å². The number of halogens is 2. The van der Waals surface area contributed by atoms with E-state index in [1.54, 1.807) is 0 Å². The van der Waals surface area contributed by atoms with Crippen LogP contribution in [0.15, 0.2) is 10.5 Å². The average molecular weight is 272 g/mol. The molecule has 0 atom stereocenters. The molecule has 1 aliphatic rings. The minimum absolute atomic E-state index is 0.525. The fourth-order valence-electron chi connectivity index (χ4n) is 2.11. The first-order chi connectivity index (χ1) is 6.75. The van der Waals surface area contributed by atoms with Crippen LogP contribution in [0.5, 0.6) is 0 Å². The first-order valence-corrected chi connectivity index (χ1v) is 5.78. The molecule has 1 aliphatic carbocycles. The third kappa shape index (κ3) is 1.12. The van der Waals surface area contributed by atoms with Crippen molar-refractivity contribution in [2.45, 2.75) is 19.3 Å². The summed E-state index contributed by atoms with van der Waals surface area (Å²) in [5, 5.41) is 1.74. The molecular formula is C10H8BrClN2. The van der Waals surface area contributed by atoms with Crippen molar-refractivity contribution in [3.05, 3.63) is 26.9 Å². The van der Waals surface area contributed by atoms with Crippen molar-refractivity contribution >= 4 is 38.6 Å². The van der Waals surface area contributed by atoms with Crippen molar-refractivity contribution in [1.29, 1.82) is 0 Å². The third-order valence-corrected chi connectivity index (χ3v) is 3.87. The van der Waals surface area contributed by atoms with Gasteiger partial charge in [0.15, 0.2) is 0 Å². The van der Waals surface area contributed by atoms with Gasteiger partial charge in [-0.3, -0.25) is 0 Å². The number of aromatic amines is 1. The van der Waals surface area contributed by atoms with Gasteiger partial charge in [-0.05, 0) is 46.8 Å². The smallest absolute Gasteiger partial charge is 0.145 e. The molecule has 0 fully saturated rings. The Morgan fingerprint density at radius 1 is 1.43 bits per heavy atom. The Bertz CT molecular complexity index is 518. The summed E-state index contributed by atoms with van der Waals surface area (Å²) in [6.45, 7) is 0. The van der Waals surface area contributed by atoms with E-state index in [1.807, 2.05) is 0 Å². The van der Waals surface area contributed by atoms with Crippen molar-refractivity contribution in [2.24, 2.45) is 0 Å². The summed E-state index contributed by atoms with van der Waals surface area (Å²) in [4.78, 5) is 7.63. The molecule has 14 heavy (non-hydrogen) atoms. The van der Waals surface area contributed by atoms with Crippen molar-refractivity contribution in [3.63, 3.8) is 0 Å². The highest BCUT2D eigenvalue weighted by Gasteiger charge is 2.18. The lowest BCUT2D eigenvalue weighted by molar-refractivity contribution is 0.897. The summed E-state index contributed by atoms with van der Waals surface area (Å²) in [5.74, 6) is 0. The van der Waals surface area contributed by atoms with E-state index in [4.69, 9.17) is 11.6 Å². The molecule has 4 heteroatoms. The van der Waals surface area contributed by atoms with E-state index in [2.05, 4.69) is 32.0 Å². The molecule has 0 bridgehead atoms. The van der Waals surface area contributed by atoms with Gasteiger partial charge in [-0.25, -0.2) is 4.98 Å². The first kappa shape index (κ1) is 8.74. The molecule has 0 aliphatic heterocycles. The maximum Gasteiger partial charge on any atom is 0.145 e. The number of rotatable bonds is 0. The highest BCUT2D eigenvalue weighted by molar-refractivity contribution is 9.10. The van der Waals surface area contributed by atoms with Gasteiger partial charge in [0.25, 0.3) is 0 Å². The van der Waals surface area contributed by atoms with Crippen LogP contribution in [0.1, 0.15) is 17.7 Å². The minimum Gasteiger partial charge on any atom is -0.343 e. The Hall–Kier alpha value is -0.540. The molecule has 2 aromatic rings. The van der Waals surface area contributed by atoms with Crippen molar-refractivity contribution in [3.8, 4) is 0 Å². The zero-order valence-corrected chi connectivity index (χ0v) is 9.74. The van der Waals surface area contributed by atoms with Gasteiger partial charge in [0.1, 0.15) is 10.8 Å². The second-order valence-electron chi connectivity index (χ2n) is 3.59. The predicted octanol–water partition coefficient (Wildman–Crippen LogP) is 3.47. The summed E-state index contributed by atoms with van der Waals surface area (Å²) in [5.41, 5.74) is 3.68. The Balaban J connectivity index is 2.39. The summed E-state index contributed by atoms with van der Waals surface area (Å²) in [6, 6.07) is 2.06. The van der Waals surface area contributed by atoms with Crippen LogP contribution in [0.2, 0.25) is 5.15 Å². The van der Waals surface area contributed by atoms with E-state index in [0.717, 1.165) is 23.0 Å². The molecule has 0 spiro atoms. The normalized spacial score (nSPS) is 15.0. The molecule has 0 saturated heterocycles. The van der Waals surface area contributed by atoms with Crippen LogP contribution < -0.4 is 0 Å². The number of aryl methyl sites for hydroxylation is 2. The van der Waals surface area contributed by atoms with E-state index in [1.165, 1.54) is 23.1 Å². The van der Waals surface area contributed by atoms with Gasteiger partial charge in [-0.2, -0.15) is 0 Å². The molecule has 1 N–H and O–H groups in total. The molecule has 0 unspecified atom stereocenters. The van der Waals surface area contributed by atoms with E-state index < -0.39 is 0 Å². The van der Waals surface area contributed by atoms with Crippen LogP contribution in [0.4, 0.5) is 0 Å². The largest absolute Gasteiger partial charge is 0.343 e. The fraction of sp³-hybridized carbons (Fsp3) is 0.300. The van der Waals surface area contributed by atoms with Gasteiger partial charge < -0.3 is 4.98 Å². The third-order valence-electron chi connectivity index (χ3n) is 2.75. The van der Waals surface area contributed by atoms with Crippen LogP contribution >= 0.6 is 27.5 Å². The summed E-state index contributed by atoms with van der Waals surface area (Å²) in [7, 11) is 0. The monoisotopic (exact) mass is 270 g/mol. The van der Waals surface area contributed by atoms with Gasteiger partial charge >= 0.3 is 0 Å². The van der Waals surface area contributed by atoms with Crippen molar-refractivity contribution < 1.29 is 0 Å². The lowest BCUT2D eigenvalue weighted by atomic mass is 10.2. The summed E-state index contributed by atoms with van der Waals surface area (Å²) >= 11 is 9.33. The minimum atomic E-state index is 0.525. The Morgan fingerprint density at radius 3 is 3.14 bits per heavy atom. The molecule has 2 aromatic heterocycles. The van der Waals surface area contributed by atoms with Crippen LogP contribution in [0.3, 0.4) is 0 Å². The number of hydrogen-bond acceptors (Lipinski definition) is 1. The van der Waals surface area contributed by atoms with Crippen molar-refractivity contribution in [2.75, 3.05) is 0 Å². The SMILES string of the molecule is Clc1nc2[nH]c3c(c2cc1Br)CCC3. The average Bonchev–Trinajstić information content (AvgIpc) is 2.68. The van der Waals surface area contributed by atoms with Crippen LogP contribution in [0, 0.1) is 0 Å². The zero-order valence-electron chi connectivity index (χ0n) is 7.40. The van der Waals surface area contributed by atoms with Gasteiger partial charge in [0.05, 0.1) is 4.47 Å². The van der Waals surface area contributed by atoms with E-state index >= 15 is 0 Å². The fourth-order valence-corrected chi connectivity index (χ4v) is 2.57. The molecule has 72 valence electrons. The highest BCUT2D eigenvalue weighted by atomic mass is 79.9. The molecular weight excluding hydrogens is 263 g/mol. The van der Waals surface area contributed by atoms with E-state index in [0.29, 0.717) is 5.15 Å². The molecule has 2 nitrogen and oxygen atoms in total. The number of nitrogens with one attached hydrogen (secondary N) is 1. The van der Waals surface area contributed by atoms with Gasteiger partial charge in [-0.15, -0.1) is 0 Å². The summed E-state index contributed by atoms with van der Waals surface area (Å²) in [6.07, 6.45) is 3.55. The Morgan fingerprint density at radius 2 is 2.29 bits per heavy atom. The molecule has 2 heterocycles. The molecule has 3 rings (SSSR count). The lowest BCUT2D eigenvalue weighted by Crippen LogP contribution is -1.82. The quantitative estimate of drug-likeness (QED) is 0.730. The van der Waals surface area contributed by atoms with E-state index in [9.17, 15) is 0 Å². The number of aromatic nitrogens is 2. The van der Waals surface area contributed by atoms with Gasteiger partial charge in [0, 0.05) is 11.1 Å². The second kappa shape index (κ2) is 2.97. The number of pyridine rings is 1. The van der Waals surface area contributed by atoms with Crippen LogP contribution in [-0.2, 0) is 12.8 Å². The maximum atomic E-state index is 5.93. The lowest BCUT2D eigenvalue weighted by Gasteiger charge is -1.96. The predicted molar refractivity (Wildman–Crippen MR) is 60.8 cm³/mol. The summed E-state index contributed by atoms with van der Waals surface area (Å²) < 4.78 is 0.875. The van der Waals surface area contributed by atoms with Crippen LogP contribution in [-0.4, -0.2) is 9.97 Å². The molecule has 0 saturated carbocycles. The Kier molecular flexibility index (Phi) is 1.86. The van der Waals surface area contributed by atoms with E-state index in [-0.39, 0.29) is 0 Å². The number of nitrogens with zero attached hydrogens (tertiary/aromatic N) is 1. The molecule has 0 radical (unpaired) electrons. The van der Waals surface area contributed by atoms with Gasteiger partial charge in [-0.1, -0.05) is 11.6 Å². The maximum absolute atomic E-state index is 5.93. The number of hydrogen-bond donors (Lipinski definition) is 1. The second-order valence-corrected chi connectivity index (χ2v) is 4.81. The zero-order chi connectivity index (χ0) is 9.71. The van der Waals surface area contributed by atoms with Crippen molar-refractivity contribution in [1.82, 2.24) is 9.97 Å². The number of H-pyrrole nitrogens is 1. The Labute approximate surface area is 94.8 Å².